The number of hydrogen-bond acceptors (Lipinski definition) is 3. The van der Waals surface area contributed by atoms with E-state index in [0.717, 1.165) is 10.4 Å². The third-order valence-corrected chi connectivity index (χ3v) is 2.53. The number of ketones is 1. The highest BCUT2D eigenvalue weighted by molar-refractivity contribution is 7.10. The van der Waals surface area contributed by atoms with Crippen LogP contribution in [0.3, 0.4) is 0 Å². The maximum Gasteiger partial charge on any atom is 0.165 e. The van der Waals surface area contributed by atoms with Crippen molar-refractivity contribution in [1.82, 2.24) is 0 Å². The van der Waals surface area contributed by atoms with Crippen molar-refractivity contribution < 1.29 is 4.79 Å². The zero-order valence-electron chi connectivity index (χ0n) is 8.26. The van der Waals surface area contributed by atoms with Crippen molar-refractivity contribution >= 4 is 17.1 Å². The minimum atomic E-state index is -0.410. The lowest BCUT2D eigenvalue weighted by Crippen LogP contribution is -2.34. The normalized spacial score (nSPS) is 11.7. The summed E-state index contributed by atoms with van der Waals surface area (Å²) in [6.07, 6.45) is 0.406. The highest BCUT2D eigenvalue weighted by atomic mass is 32.1. The summed E-state index contributed by atoms with van der Waals surface area (Å²) in [5.41, 5.74) is 6.15. The molecular weight excluding hydrogens is 182 g/mol. The lowest BCUT2D eigenvalue weighted by Gasteiger charge is -2.16. The summed E-state index contributed by atoms with van der Waals surface area (Å²) in [6.45, 7) is 5.73. The third-order valence-electron chi connectivity index (χ3n) is 1.67. The zero-order valence-corrected chi connectivity index (χ0v) is 9.07. The fraction of sp³-hybridized carbons (Fsp3) is 0.500. The number of hydrogen-bond donors (Lipinski definition) is 1. The quantitative estimate of drug-likeness (QED) is 0.756. The Hall–Kier alpha value is -0.670. The van der Waals surface area contributed by atoms with Gasteiger partial charge in [-0.05, 0) is 26.8 Å². The molecule has 1 rings (SSSR count). The molecule has 0 spiro atoms. The lowest BCUT2D eigenvalue weighted by molar-refractivity contribution is 0.0960. The molecule has 0 bridgehead atoms. The summed E-state index contributed by atoms with van der Waals surface area (Å²) in [4.78, 5) is 12.8. The second-order valence-electron chi connectivity index (χ2n) is 4.03. The Bertz CT molecular complexity index is 309. The average molecular weight is 197 g/mol. The van der Waals surface area contributed by atoms with Crippen LogP contribution in [0.15, 0.2) is 11.4 Å². The van der Waals surface area contributed by atoms with Gasteiger partial charge in [-0.2, -0.15) is 0 Å². The van der Waals surface area contributed by atoms with Gasteiger partial charge in [-0.15, -0.1) is 11.3 Å². The van der Waals surface area contributed by atoms with Gasteiger partial charge in [-0.1, -0.05) is 0 Å². The van der Waals surface area contributed by atoms with E-state index in [9.17, 15) is 4.79 Å². The molecule has 1 heterocycles. The van der Waals surface area contributed by atoms with Crippen LogP contribution in [-0.4, -0.2) is 11.3 Å². The SMILES string of the molecule is Cc1cc(C(=O)CC(C)(C)N)cs1. The first-order valence-corrected chi connectivity index (χ1v) is 5.14. The Labute approximate surface area is 82.8 Å². The summed E-state index contributed by atoms with van der Waals surface area (Å²) in [5, 5.41) is 1.89. The summed E-state index contributed by atoms with van der Waals surface area (Å²) < 4.78 is 0. The average Bonchev–Trinajstić information content (AvgIpc) is 2.31. The fourth-order valence-electron chi connectivity index (χ4n) is 1.11. The van der Waals surface area contributed by atoms with Gasteiger partial charge in [0.2, 0.25) is 0 Å². The molecule has 2 nitrogen and oxygen atoms in total. The van der Waals surface area contributed by atoms with Crippen LogP contribution < -0.4 is 5.73 Å². The van der Waals surface area contributed by atoms with Gasteiger partial charge in [-0.25, -0.2) is 0 Å². The largest absolute Gasteiger partial charge is 0.325 e. The molecular formula is C10H15NOS. The van der Waals surface area contributed by atoms with Crippen molar-refractivity contribution in [3.63, 3.8) is 0 Å². The number of Topliss-reactive ketones (excluding diaryl/α,β-unsaturated/α-hetero) is 1. The van der Waals surface area contributed by atoms with Crippen molar-refractivity contribution in [2.75, 3.05) is 0 Å². The minimum absolute atomic E-state index is 0.136. The molecule has 1 aromatic rings. The van der Waals surface area contributed by atoms with Crippen LogP contribution >= 0.6 is 11.3 Å². The van der Waals surface area contributed by atoms with Gasteiger partial charge in [0.1, 0.15) is 0 Å². The van der Waals surface area contributed by atoms with Crippen molar-refractivity contribution in [2.45, 2.75) is 32.7 Å². The number of carbonyl (C=O) groups is 1. The summed E-state index contributed by atoms with van der Waals surface area (Å²) in [6, 6.07) is 1.92. The van der Waals surface area contributed by atoms with Crippen LogP contribution in [0.2, 0.25) is 0 Å². The van der Waals surface area contributed by atoms with Crippen LogP contribution in [-0.2, 0) is 0 Å². The first kappa shape index (κ1) is 10.4. The standard InChI is InChI=1S/C10H15NOS/c1-7-4-8(6-13-7)9(12)5-10(2,3)11/h4,6H,5,11H2,1-3H3. The Morgan fingerprint density at radius 1 is 1.62 bits per heavy atom. The first-order valence-electron chi connectivity index (χ1n) is 4.26. The highest BCUT2D eigenvalue weighted by Gasteiger charge is 2.18. The third kappa shape index (κ3) is 3.28. The highest BCUT2D eigenvalue weighted by Crippen LogP contribution is 2.17. The molecule has 2 N–H and O–H groups in total. The Kier molecular flexibility index (Phi) is 2.88. The van der Waals surface area contributed by atoms with Crippen molar-refractivity contribution in [1.29, 1.82) is 0 Å². The van der Waals surface area contributed by atoms with Gasteiger partial charge < -0.3 is 5.73 Å². The number of thiophene rings is 1. The van der Waals surface area contributed by atoms with Crippen LogP contribution in [0.5, 0.6) is 0 Å². The predicted octanol–water partition coefficient (Wildman–Crippen LogP) is 2.37. The topological polar surface area (TPSA) is 43.1 Å². The van der Waals surface area contributed by atoms with Gasteiger partial charge in [0.05, 0.1) is 0 Å². The molecule has 0 aliphatic carbocycles. The van der Waals surface area contributed by atoms with E-state index in [0.29, 0.717) is 6.42 Å². The van der Waals surface area contributed by atoms with E-state index in [1.54, 1.807) is 11.3 Å². The first-order chi connectivity index (χ1) is 5.88. The monoisotopic (exact) mass is 197 g/mol. The Morgan fingerprint density at radius 3 is 2.62 bits per heavy atom. The van der Waals surface area contributed by atoms with E-state index >= 15 is 0 Å². The second kappa shape index (κ2) is 3.60. The maximum atomic E-state index is 11.6. The predicted molar refractivity (Wildman–Crippen MR) is 56.3 cm³/mol. The lowest BCUT2D eigenvalue weighted by atomic mass is 9.96. The zero-order chi connectivity index (χ0) is 10.1. The molecule has 72 valence electrons. The minimum Gasteiger partial charge on any atom is -0.325 e. The van der Waals surface area contributed by atoms with E-state index in [4.69, 9.17) is 5.73 Å². The molecule has 13 heavy (non-hydrogen) atoms. The van der Waals surface area contributed by atoms with Crippen LogP contribution in [0, 0.1) is 6.92 Å². The van der Waals surface area contributed by atoms with Gasteiger partial charge in [-0.3, -0.25) is 4.79 Å². The van der Waals surface area contributed by atoms with Crippen LogP contribution in [0.25, 0.3) is 0 Å². The molecule has 3 heteroatoms. The molecule has 0 amide bonds. The number of aryl methyl sites for hydroxylation is 1. The summed E-state index contributed by atoms with van der Waals surface area (Å²) >= 11 is 1.60. The van der Waals surface area contributed by atoms with Gasteiger partial charge in [0, 0.05) is 27.8 Å². The molecule has 0 aliphatic rings. The maximum absolute atomic E-state index is 11.6. The summed E-state index contributed by atoms with van der Waals surface area (Å²) in [7, 11) is 0. The van der Waals surface area contributed by atoms with Crippen LogP contribution in [0.1, 0.15) is 35.5 Å². The molecule has 1 aromatic heterocycles. The Morgan fingerprint density at radius 2 is 2.23 bits per heavy atom. The van der Waals surface area contributed by atoms with E-state index in [1.165, 1.54) is 0 Å². The second-order valence-corrected chi connectivity index (χ2v) is 5.15. The van der Waals surface area contributed by atoms with E-state index < -0.39 is 5.54 Å². The number of nitrogens with two attached hydrogens (primary N) is 1. The van der Waals surface area contributed by atoms with Crippen molar-refractivity contribution in [2.24, 2.45) is 5.73 Å². The van der Waals surface area contributed by atoms with Gasteiger partial charge in [0.25, 0.3) is 0 Å². The molecule has 0 unspecified atom stereocenters. The van der Waals surface area contributed by atoms with Crippen LogP contribution in [0.4, 0.5) is 0 Å². The van der Waals surface area contributed by atoms with E-state index in [-0.39, 0.29) is 5.78 Å². The Balaban J connectivity index is 2.70. The molecule has 0 aromatic carbocycles. The van der Waals surface area contributed by atoms with Gasteiger partial charge in [0.15, 0.2) is 5.78 Å². The molecule has 0 saturated heterocycles. The summed E-state index contributed by atoms with van der Waals surface area (Å²) in [5.74, 6) is 0.136. The fourth-order valence-corrected chi connectivity index (χ4v) is 1.81. The molecule has 0 atom stereocenters. The van der Waals surface area contributed by atoms with E-state index in [2.05, 4.69) is 0 Å². The molecule has 0 radical (unpaired) electrons. The molecule has 0 fully saturated rings. The number of carbonyl (C=O) groups excluding carboxylic acids is 1. The van der Waals surface area contributed by atoms with Crippen molar-refractivity contribution in [3.8, 4) is 0 Å². The van der Waals surface area contributed by atoms with Gasteiger partial charge >= 0.3 is 0 Å². The molecule has 0 aliphatic heterocycles. The smallest absolute Gasteiger partial charge is 0.165 e. The van der Waals surface area contributed by atoms with Crippen molar-refractivity contribution in [3.05, 3.63) is 21.9 Å². The van der Waals surface area contributed by atoms with E-state index in [1.807, 2.05) is 32.2 Å². The molecule has 0 saturated carbocycles. The number of rotatable bonds is 3.